The van der Waals surface area contributed by atoms with Gasteiger partial charge in [0.15, 0.2) is 5.79 Å². The molecule has 0 bridgehead atoms. The second kappa shape index (κ2) is 6.72. The molecule has 0 amide bonds. The summed E-state index contributed by atoms with van der Waals surface area (Å²) in [4.78, 5) is 0. The zero-order valence-corrected chi connectivity index (χ0v) is 18.3. The molecule has 1 heterocycles. The summed E-state index contributed by atoms with van der Waals surface area (Å²) >= 11 is 3.87. The number of fused-ring (bicyclic) bond motifs is 1. The van der Waals surface area contributed by atoms with Gasteiger partial charge in [0.05, 0.1) is 24.9 Å². The van der Waals surface area contributed by atoms with E-state index in [0.717, 1.165) is 38.9 Å². The van der Waals surface area contributed by atoms with E-state index in [9.17, 15) is 0 Å². The van der Waals surface area contributed by atoms with Crippen LogP contribution < -0.4 is 0 Å². The Morgan fingerprint density at radius 3 is 2.50 bits per heavy atom. The van der Waals surface area contributed by atoms with Gasteiger partial charge in [-0.1, -0.05) is 28.9 Å². The number of hydrogen-bond acceptors (Lipinski definition) is 3. The Morgan fingerprint density at radius 1 is 1.12 bits per heavy atom. The molecule has 1 aliphatic heterocycles. The highest BCUT2D eigenvalue weighted by Crippen LogP contribution is 2.55. The average Bonchev–Trinajstić information content (AvgIpc) is 3.12. The standard InChI is InChI=1S/C22H33BrO3/c1-20(2,3)26-19-6-5-16-13-15(7-9-21(16,19)4)17-8-10-22(14-18(17)23)24-11-12-25-22/h13,16,19H,5-12,14H2,1-4H3/t16-,19-,21-/m0/s1. The molecule has 3 aliphatic carbocycles. The van der Waals surface area contributed by atoms with Crippen LogP contribution >= 0.6 is 15.9 Å². The SMILES string of the molecule is CC(C)(C)O[C@H]1CC[C@H]2C=C(C3=C(Br)CC4(CC3)OCCO4)CC[C@@]21C. The van der Waals surface area contributed by atoms with E-state index in [-0.39, 0.29) is 16.8 Å². The molecule has 4 rings (SSSR count). The summed E-state index contributed by atoms with van der Waals surface area (Å²) in [6, 6.07) is 0. The highest BCUT2D eigenvalue weighted by molar-refractivity contribution is 9.11. The molecule has 146 valence electrons. The van der Waals surface area contributed by atoms with Gasteiger partial charge in [0.1, 0.15) is 0 Å². The van der Waals surface area contributed by atoms with E-state index in [1.54, 1.807) is 5.57 Å². The highest BCUT2D eigenvalue weighted by Gasteiger charge is 2.49. The van der Waals surface area contributed by atoms with E-state index in [2.05, 4.69) is 49.7 Å². The molecule has 1 saturated heterocycles. The topological polar surface area (TPSA) is 27.7 Å². The summed E-state index contributed by atoms with van der Waals surface area (Å²) in [5, 5.41) is 0. The first-order valence-corrected chi connectivity index (χ1v) is 11.0. The summed E-state index contributed by atoms with van der Waals surface area (Å²) in [7, 11) is 0. The Hall–Kier alpha value is -0.160. The normalized spacial score (nSPS) is 37.2. The highest BCUT2D eigenvalue weighted by atomic mass is 79.9. The average molecular weight is 425 g/mol. The molecule has 0 aromatic rings. The lowest BCUT2D eigenvalue weighted by atomic mass is 9.68. The van der Waals surface area contributed by atoms with Crippen molar-refractivity contribution in [1.29, 1.82) is 0 Å². The Kier molecular flexibility index (Phi) is 4.95. The van der Waals surface area contributed by atoms with Gasteiger partial charge in [0, 0.05) is 22.7 Å². The van der Waals surface area contributed by atoms with Crippen LogP contribution in [0.2, 0.25) is 0 Å². The minimum absolute atomic E-state index is 0.0584. The van der Waals surface area contributed by atoms with Crippen molar-refractivity contribution in [3.8, 4) is 0 Å². The molecule has 4 heteroatoms. The van der Waals surface area contributed by atoms with Crippen molar-refractivity contribution in [1.82, 2.24) is 0 Å². The fourth-order valence-corrected chi connectivity index (χ4v) is 6.29. The van der Waals surface area contributed by atoms with Gasteiger partial charge in [-0.15, -0.1) is 0 Å². The zero-order chi connectivity index (χ0) is 18.6. The fraction of sp³-hybridized carbons (Fsp3) is 0.818. The molecule has 0 radical (unpaired) electrons. The summed E-state index contributed by atoms with van der Waals surface area (Å²) in [5.74, 6) is 0.284. The number of hydrogen-bond donors (Lipinski definition) is 0. The summed E-state index contributed by atoms with van der Waals surface area (Å²) in [6.45, 7) is 10.5. The van der Waals surface area contributed by atoms with E-state index >= 15 is 0 Å². The van der Waals surface area contributed by atoms with Gasteiger partial charge in [-0.2, -0.15) is 0 Å². The van der Waals surface area contributed by atoms with Crippen molar-refractivity contribution in [2.24, 2.45) is 11.3 Å². The molecule has 4 aliphatic rings. The predicted molar refractivity (Wildman–Crippen MR) is 107 cm³/mol. The van der Waals surface area contributed by atoms with Crippen LogP contribution in [0.5, 0.6) is 0 Å². The number of ether oxygens (including phenoxy) is 3. The predicted octanol–water partition coefficient (Wildman–Crippen LogP) is 5.88. The Morgan fingerprint density at radius 2 is 1.85 bits per heavy atom. The number of allylic oxidation sites excluding steroid dienone is 3. The van der Waals surface area contributed by atoms with E-state index in [1.165, 1.54) is 29.3 Å². The van der Waals surface area contributed by atoms with Gasteiger partial charge in [-0.25, -0.2) is 0 Å². The molecule has 1 spiro atoms. The van der Waals surface area contributed by atoms with Gasteiger partial charge in [0.2, 0.25) is 0 Å². The molecular weight excluding hydrogens is 392 g/mol. The third kappa shape index (κ3) is 3.47. The lowest BCUT2D eigenvalue weighted by molar-refractivity contribution is -0.161. The van der Waals surface area contributed by atoms with Crippen LogP contribution in [-0.2, 0) is 14.2 Å². The second-order valence-corrected chi connectivity index (χ2v) is 10.7. The maximum Gasteiger partial charge on any atom is 0.173 e. The van der Waals surface area contributed by atoms with Crippen LogP contribution in [0.4, 0.5) is 0 Å². The van der Waals surface area contributed by atoms with E-state index in [4.69, 9.17) is 14.2 Å². The fourth-order valence-electron chi connectivity index (χ4n) is 5.41. The maximum atomic E-state index is 6.45. The van der Waals surface area contributed by atoms with E-state index in [1.807, 2.05) is 0 Å². The maximum absolute atomic E-state index is 6.45. The van der Waals surface area contributed by atoms with Crippen LogP contribution in [0.3, 0.4) is 0 Å². The van der Waals surface area contributed by atoms with Crippen LogP contribution in [0.25, 0.3) is 0 Å². The Labute approximate surface area is 166 Å². The van der Waals surface area contributed by atoms with Gasteiger partial charge in [0.25, 0.3) is 0 Å². The summed E-state index contributed by atoms with van der Waals surface area (Å²) < 4.78 is 19.6. The smallest absolute Gasteiger partial charge is 0.173 e. The van der Waals surface area contributed by atoms with Crippen molar-refractivity contribution < 1.29 is 14.2 Å². The van der Waals surface area contributed by atoms with Crippen LogP contribution in [0.15, 0.2) is 21.7 Å². The summed E-state index contributed by atoms with van der Waals surface area (Å²) in [5.41, 5.74) is 3.30. The largest absolute Gasteiger partial charge is 0.372 e. The quantitative estimate of drug-likeness (QED) is 0.553. The summed E-state index contributed by atoms with van der Waals surface area (Å²) in [6.07, 6.45) is 10.7. The molecule has 26 heavy (non-hydrogen) atoms. The molecule has 0 N–H and O–H groups in total. The van der Waals surface area contributed by atoms with Gasteiger partial charge in [-0.3, -0.25) is 0 Å². The third-order valence-corrected chi connectivity index (χ3v) is 7.62. The molecule has 2 fully saturated rings. The molecule has 0 unspecified atom stereocenters. The third-order valence-electron chi connectivity index (χ3n) is 6.86. The van der Waals surface area contributed by atoms with Crippen LogP contribution in [0, 0.1) is 11.3 Å². The Balaban J connectivity index is 1.52. The van der Waals surface area contributed by atoms with E-state index in [0.29, 0.717) is 12.0 Å². The number of rotatable bonds is 2. The monoisotopic (exact) mass is 424 g/mol. The van der Waals surface area contributed by atoms with Crippen molar-refractivity contribution in [2.45, 2.75) is 90.1 Å². The van der Waals surface area contributed by atoms with Crippen LogP contribution in [-0.4, -0.2) is 30.7 Å². The van der Waals surface area contributed by atoms with Gasteiger partial charge < -0.3 is 14.2 Å². The van der Waals surface area contributed by atoms with Crippen molar-refractivity contribution in [2.75, 3.05) is 13.2 Å². The first kappa shape index (κ1) is 19.2. The molecule has 3 atom stereocenters. The van der Waals surface area contributed by atoms with Crippen molar-refractivity contribution >= 4 is 15.9 Å². The van der Waals surface area contributed by atoms with Crippen molar-refractivity contribution in [3.05, 3.63) is 21.7 Å². The molecule has 1 saturated carbocycles. The molecule has 0 aromatic heterocycles. The van der Waals surface area contributed by atoms with Gasteiger partial charge in [-0.05, 0) is 69.9 Å². The van der Waals surface area contributed by atoms with Crippen LogP contribution in [0.1, 0.15) is 72.6 Å². The zero-order valence-electron chi connectivity index (χ0n) is 16.7. The molecule has 3 nitrogen and oxygen atoms in total. The van der Waals surface area contributed by atoms with Gasteiger partial charge >= 0.3 is 0 Å². The number of halogens is 1. The van der Waals surface area contributed by atoms with Crippen molar-refractivity contribution in [3.63, 3.8) is 0 Å². The Bertz CT molecular complexity index is 624. The molecular formula is C22H33BrO3. The molecule has 0 aromatic carbocycles. The first-order valence-electron chi connectivity index (χ1n) is 10.3. The second-order valence-electron chi connectivity index (χ2n) is 9.77. The first-order chi connectivity index (χ1) is 12.2. The lowest BCUT2D eigenvalue weighted by Crippen LogP contribution is -2.40. The minimum Gasteiger partial charge on any atom is -0.372 e. The lowest BCUT2D eigenvalue weighted by Gasteiger charge is -2.42. The minimum atomic E-state index is -0.356. The van der Waals surface area contributed by atoms with E-state index < -0.39 is 0 Å².